The summed E-state index contributed by atoms with van der Waals surface area (Å²) in [7, 11) is 0. The van der Waals surface area contributed by atoms with Gasteiger partial charge in [-0.25, -0.2) is 9.29 Å². The van der Waals surface area contributed by atoms with Gasteiger partial charge in [-0.2, -0.15) is 0 Å². The molecular formula is C17H10ClFNO4S-. The van der Waals surface area contributed by atoms with Crippen LogP contribution in [0.2, 0.25) is 5.02 Å². The highest BCUT2D eigenvalue weighted by atomic mass is 35.5. The minimum Gasteiger partial charge on any atom is -0.545 e. The number of nitrogens with zero attached hydrogens (tertiary/aromatic N) is 1. The number of carbonyl (C=O) groups excluding carboxylic acids is 3. The van der Waals surface area contributed by atoms with E-state index in [1.807, 2.05) is 0 Å². The quantitative estimate of drug-likeness (QED) is 0.763. The molecule has 0 bridgehead atoms. The first-order valence-corrected chi connectivity index (χ1v) is 8.43. The smallest absolute Gasteiger partial charge is 0.247 e. The van der Waals surface area contributed by atoms with Gasteiger partial charge in [-0.15, -0.1) is 11.8 Å². The van der Waals surface area contributed by atoms with E-state index >= 15 is 0 Å². The van der Waals surface area contributed by atoms with Gasteiger partial charge in [0.05, 0.1) is 21.9 Å². The predicted molar refractivity (Wildman–Crippen MR) is 88.9 cm³/mol. The molecule has 0 aromatic heterocycles. The van der Waals surface area contributed by atoms with E-state index in [0.29, 0.717) is 4.90 Å². The minimum absolute atomic E-state index is 0.0453. The lowest BCUT2D eigenvalue weighted by molar-refractivity contribution is -0.255. The van der Waals surface area contributed by atoms with Crippen LogP contribution in [-0.2, 0) is 9.59 Å². The van der Waals surface area contributed by atoms with E-state index in [9.17, 15) is 23.9 Å². The van der Waals surface area contributed by atoms with Crippen molar-refractivity contribution < 1.29 is 23.9 Å². The fraction of sp³-hybridized carbons (Fsp3) is 0.118. The van der Waals surface area contributed by atoms with Gasteiger partial charge in [0, 0.05) is 16.9 Å². The van der Waals surface area contributed by atoms with Gasteiger partial charge in [0.25, 0.3) is 0 Å². The third-order valence-corrected chi connectivity index (χ3v) is 5.20. The standard InChI is InChI=1S/C17H11ClFNO4S/c18-11-7-9(5-6-12(11)19)20-15(21)8-14(16(20)22)25-13-4-2-1-3-10(13)17(23)24/h1-7,14H,8H2,(H,23,24)/p-1/t14-/m1/s1. The highest BCUT2D eigenvalue weighted by Crippen LogP contribution is 2.36. The van der Waals surface area contributed by atoms with Crippen LogP contribution in [0.3, 0.4) is 0 Å². The lowest BCUT2D eigenvalue weighted by atomic mass is 10.2. The largest absolute Gasteiger partial charge is 0.545 e. The Morgan fingerprint density at radius 2 is 1.96 bits per heavy atom. The van der Waals surface area contributed by atoms with Crippen LogP contribution in [0, 0.1) is 5.82 Å². The van der Waals surface area contributed by atoms with E-state index in [4.69, 9.17) is 11.6 Å². The molecule has 2 aromatic rings. The van der Waals surface area contributed by atoms with Crippen molar-refractivity contribution in [2.45, 2.75) is 16.6 Å². The van der Waals surface area contributed by atoms with E-state index in [-0.39, 0.29) is 22.7 Å². The molecule has 1 aliphatic rings. The topological polar surface area (TPSA) is 77.5 Å². The number of hydrogen-bond donors (Lipinski definition) is 0. The number of anilines is 1. The van der Waals surface area contributed by atoms with Gasteiger partial charge in [0.2, 0.25) is 11.8 Å². The lowest BCUT2D eigenvalue weighted by Gasteiger charge is -2.16. The zero-order chi connectivity index (χ0) is 18.1. The minimum atomic E-state index is -1.36. The van der Waals surface area contributed by atoms with E-state index in [0.717, 1.165) is 22.7 Å². The molecule has 0 N–H and O–H groups in total. The van der Waals surface area contributed by atoms with Crippen LogP contribution in [-0.4, -0.2) is 23.0 Å². The van der Waals surface area contributed by atoms with Crippen molar-refractivity contribution in [2.24, 2.45) is 0 Å². The average molecular weight is 379 g/mol. The fourth-order valence-corrected chi connectivity index (χ4v) is 3.83. The number of imide groups is 1. The van der Waals surface area contributed by atoms with Gasteiger partial charge in [0.15, 0.2) is 0 Å². The monoisotopic (exact) mass is 378 g/mol. The molecule has 0 unspecified atom stereocenters. The number of benzene rings is 2. The van der Waals surface area contributed by atoms with Crippen LogP contribution in [0.1, 0.15) is 16.8 Å². The summed E-state index contributed by atoms with van der Waals surface area (Å²) < 4.78 is 13.3. The molecule has 2 aromatic carbocycles. The molecule has 1 fully saturated rings. The Balaban J connectivity index is 1.87. The van der Waals surface area contributed by atoms with E-state index < -0.39 is 28.9 Å². The van der Waals surface area contributed by atoms with Gasteiger partial charge >= 0.3 is 0 Å². The highest BCUT2D eigenvalue weighted by molar-refractivity contribution is 8.00. The average Bonchev–Trinajstić information content (AvgIpc) is 2.84. The van der Waals surface area contributed by atoms with Crippen molar-refractivity contribution in [1.29, 1.82) is 0 Å². The Morgan fingerprint density at radius 1 is 1.24 bits per heavy atom. The first-order valence-electron chi connectivity index (χ1n) is 7.17. The summed E-state index contributed by atoms with van der Waals surface area (Å²) in [6.45, 7) is 0. The lowest BCUT2D eigenvalue weighted by Crippen LogP contribution is -2.31. The van der Waals surface area contributed by atoms with Crippen LogP contribution in [0.25, 0.3) is 0 Å². The van der Waals surface area contributed by atoms with Crippen LogP contribution >= 0.6 is 23.4 Å². The summed E-state index contributed by atoms with van der Waals surface area (Å²) in [5, 5.41) is 10.2. The van der Waals surface area contributed by atoms with Gasteiger partial charge in [0.1, 0.15) is 5.82 Å². The van der Waals surface area contributed by atoms with Crippen LogP contribution in [0.15, 0.2) is 47.4 Å². The Bertz CT molecular complexity index is 889. The Hall–Kier alpha value is -2.38. The maximum absolute atomic E-state index is 13.3. The number of carbonyl (C=O) groups is 3. The van der Waals surface area contributed by atoms with Crippen molar-refractivity contribution in [2.75, 3.05) is 4.90 Å². The second kappa shape index (κ2) is 6.85. The Labute approximate surface area is 151 Å². The molecular weight excluding hydrogens is 369 g/mol. The van der Waals surface area contributed by atoms with Crippen LogP contribution < -0.4 is 10.0 Å². The molecule has 0 aliphatic carbocycles. The highest BCUT2D eigenvalue weighted by Gasteiger charge is 2.40. The first-order chi connectivity index (χ1) is 11.9. The summed E-state index contributed by atoms with van der Waals surface area (Å²) in [4.78, 5) is 37.2. The molecule has 128 valence electrons. The summed E-state index contributed by atoms with van der Waals surface area (Å²) in [6.07, 6.45) is -0.0973. The van der Waals surface area contributed by atoms with E-state index in [1.54, 1.807) is 18.2 Å². The molecule has 0 radical (unpaired) electrons. The molecule has 25 heavy (non-hydrogen) atoms. The number of carboxylic acid groups (broad SMARTS) is 1. The van der Waals surface area contributed by atoms with Crippen molar-refractivity contribution in [1.82, 2.24) is 0 Å². The summed E-state index contributed by atoms with van der Waals surface area (Å²) >= 11 is 6.69. The SMILES string of the molecule is O=C([O-])c1ccccc1S[C@@H]1CC(=O)N(c2ccc(F)c(Cl)c2)C1=O. The molecule has 1 atom stereocenters. The molecule has 0 spiro atoms. The van der Waals surface area contributed by atoms with Crippen molar-refractivity contribution in [3.05, 3.63) is 58.9 Å². The van der Waals surface area contributed by atoms with Gasteiger partial charge < -0.3 is 9.90 Å². The second-order valence-corrected chi connectivity index (χ2v) is 6.91. The molecule has 3 rings (SSSR count). The first kappa shape index (κ1) is 17.4. The molecule has 1 saturated heterocycles. The van der Waals surface area contributed by atoms with E-state index in [1.165, 1.54) is 18.2 Å². The Kier molecular flexibility index (Phi) is 4.78. The molecule has 1 aliphatic heterocycles. The number of rotatable bonds is 4. The van der Waals surface area contributed by atoms with Gasteiger partial charge in [-0.05, 0) is 24.3 Å². The second-order valence-electron chi connectivity index (χ2n) is 5.26. The zero-order valence-electron chi connectivity index (χ0n) is 12.6. The number of carboxylic acids is 1. The third kappa shape index (κ3) is 3.38. The van der Waals surface area contributed by atoms with E-state index in [2.05, 4.69) is 0 Å². The summed E-state index contributed by atoms with van der Waals surface area (Å²) in [5.41, 5.74) is 0.133. The number of hydrogen-bond acceptors (Lipinski definition) is 5. The maximum atomic E-state index is 13.3. The fourth-order valence-electron chi connectivity index (χ4n) is 2.48. The number of amides is 2. The van der Waals surface area contributed by atoms with Crippen LogP contribution in [0.5, 0.6) is 0 Å². The molecule has 5 nitrogen and oxygen atoms in total. The van der Waals surface area contributed by atoms with Crippen molar-refractivity contribution in [3.63, 3.8) is 0 Å². The van der Waals surface area contributed by atoms with Crippen molar-refractivity contribution in [3.8, 4) is 0 Å². The summed E-state index contributed by atoms with van der Waals surface area (Å²) in [6, 6.07) is 9.66. The van der Waals surface area contributed by atoms with Gasteiger partial charge in [-0.1, -0.05) is 29.8 Å². The molecule has 1 heterocycles. The number of halogens is 2. The van der Waals surface area contributed by atoms with Crippen LogP contribution in [0.4, 0.5) is 10.1 Å². The van der Waals surface area contributed by atoms with Crippen molar-refractivity contribution >= 4 is 46.8 Å². The third-order valence-electron chi connectivity index (χ3n) is 3.64. The zero-order valence-corrected chi connectivity index (χ0v) is 14.1. The molecule has 2 amide bonds. The van der Waals surface area contributed by atoms with Gasteiger partial charge in [-0.3, -0.25) is 9.59 Å². The number of aromatic carboxylic acids is 1. The maximum Gasteiger partial charge on any atom is 0.247 e. The Morgan fingerprint density at radius 3 is 2.64 bits per heavy atom. The molecule has 0 saturated carbocycles. The summed E-state index contributed by atoms with van der Waals surface area (Å²) in [5.74, 6) is -2.98. The predicted octanol–water partition coefficient (Wildman–Crippen LogP) is 2.27. The number of thioether (sulfide) groups is 1. The normalized spacial score (nSPS) is 17.2. The molecule has 8 heteroatoms.